The van der Waals surface area contributed by atoms with Crippen molar-refractivity contribution in [2.24, 2.45) is 0 Å². The highest BCUT2D eigenvalue weighted by Crippen LogP contribution is 2.17. The number of hydrogen-bond acceptors (Lipinski definition) is 4. The molecule has 0 spiro atoms. The van der Waals surface area contributed by atoms with Crippen LogP contribution >= 0.6 is 0 Å². The monoisotopic (exact) mass is 269 g/mol. The van der Waals surface area contributed by atoms with Crippen molar-refractivity contribution < 1.29 is 13.2 Å². The van der Waals surface area contributed by atoms with Crippen LogP contribution in [-0.2, 0) is 9.84 Å². The summed E-state index contributed by atoms with van der Waals surface area (Å²) in [7, 11) is -1.38. The zero-order chi connectivity index (χ0) is 13.2. The van der Waals surface area contributed by atoms with E-state index >= 15 is 0 Å². The summed E-state index contributed by atoms with van der Waals surface area (Å²) in [6.45, 7) is 0. The summed E-state index contributed by atoms with van der Waals surface area (Å²) < 4.78 is 22.7. The fraction of sp³-hybridized carbons (Fsp3) is 0.455. The number of nitrogens with zero attached hydrogens (tertiary/aromatic N) is 2. The van der Waals surface area contributed by atoms with Crippen LogP contribution in [0.1, 0.15) is 6.42 Å². The standard InChI is InChI=1S/C11H15N3O3S/c1-14(9-5-7-18(16,17)8-9)11(15)13-10-4-2-3-6-12-10/h2-4,6,9H,5,7-8H2,1H3,(H,12,13,15). The molecule has 1 aromatic heterocycles. The first-order chi connectivity index (χ1) is 8.48. The minimum absolute atomic E-state index is 0.0408. The minimum Gasteiger partial charge on any atom is -0.324 e. The van der Waals surface area contributed by atoms with Crippen LogP contribution in [0.2, 0.25) is 0 Å². The SMILES string of the molecule is CN(C(=O)Nc1ccccn1)C1CCS(=O)(=O)C1. The quantitative estimate of drug-likeness (QED) is 0.858. The number of urea groups is 1. The molecule has 6 nitrogen and oxygen atoms in total. The van der Waals surface area contributed by atoms with Gasteiger partial charge in [0, 0.05) is 19.3 Å². The molecule has 98 valence electrons. The highest BCUT2D eigenvalue weighted by atomic mass is 32.2. The Bertz CT molecular complexity index is 530. The van der Waals surface area contributed by atoms with Gasteiger partial charge >= 0.3 is 6.03 Å². The summed E-state index contributed by atoms with van der Waals surface area (Å²) in [6.07, 6.45) is 2.07. The number of pyridine rings is 1. The van der Waals surface area contributed by atoms with Crippen LogP contribution in [0.5, 0.6) is 0 Å². The average molecular weight is 269 g/mol. The number of nitrogens with one attached hydrogen (secondary N) is 1. The van der Waals surface area contributed by atoms with Crippen LogP contribution in [0.25, 0.3) is 0 Å². The Kier molecular flexibility index (Phi) is 3.51. The second-order valence-corrected chi connectivity index (χ2v) is 6.54. The summed E-state index contributed by atoms with van der Waals surface area (Å²) in [4.78, 5) is 17.3. The number of rotatable bonds is 2. The number of anilines is 1. The molecular formula is C11H15N3O3S. The zero-order valence-corrected chi connectivity index (χ0v) is 10.9. The van der Waals surface area contributed by atoms with E-state index < -0.39 is 9.84 Å². The molecule has 7 heteroatoms. The predicted molar refractivity (Wildman–Crippen MR) is 68.1 cm³/mol. The van der Waals surface area contributed by atoms with Gasteiger partial charge in [0.15, 0.2) is 9.84 Å². The van der Waals surface area contributed by atoms with E-state index in [9.17, 15) is 13.2 Å². The zero-order valence-electron chi connectivity index (χ0n) is 10.0. The smallest absolute Gasteiger partial charge is 0.323 e. The lowest BCUT2D eigenvalue weighted by Crippen LogP contribution is -2.40. The third kappa shape index (κ3) is 2.98. The molecule has 2 amide bonds. The van der Waals surface area contributed by atoms with Crippen molar-refractivity contribution in [2.45, 2.75) is 12.5 Å². The first kappa shape index (κ1) is 12.8. The molecule has 0 saturated carbocycles. The maximum absolute atomic E-state index is 11.9. The summed E-state index contributed by atoms with van der Waals surface area (Å²) in [6, 6.07) is 4.61. The largest absolute Gasteiger partial charge is 0.324 e. The molecule has 0 bridgehead atoms. The average Bonchev–Trinajstić information content (AvgIpc) is 2.70. The van der Waals surface area contributed by atoms with E-state index in [-0.39, 0.29) is 23.6 Å². The third-order valence-electron chi connectivity index (χ3n) is 2.98. The Hall–Kier alpha value is -1.63. The van der Waals surface area contributed by atoms with Gasteiger partial charge in [-0.1, -0.05) is 6.07 Å². The Morgan fingerprint density at radius 2 is 2.28 bits per heavy atom. The van der Waals surface area contributed by atoms with E-state index in [1.165, 1.54) is 4.90 Å². The first-order valence-corrected chi connectivity index (χ1v) is 7.45. The fourth-order valence-electron chi connectivity index (χ4n) is 1.88. The van der Waals surface area contributed by atoms with E-state index in [0.29, 0.717) is 12.2 Å². The van der Waals surface area contributed by atoms with E-state index in [4.69, 9.17) is 0 Å². The molecule has 0 aliphatic carbocycles. The Labute approximate surface area is 106 Å². The number of sulfone groups is 1. The van der Waals surface area contributed by atoms with Crippen molar-refractivity contribution in [2.75, 3.05) is 23.9 Å². The van der Waals surface area contributed by atoms with Crippen molar-refractivity contribution in [1.82, 2.24) is 9.88 Å². The van der Waals surface area contributed by atoms with Gasteiger partial charge in [0.05, 0.1) is 11.5 Å². The summed E-state index contributed by atoms with van der Waals surface area (Å²) in [5.74, 6) is 0.646. The molecule has 2 heterocycles. The molecule has 1 aromatic rings. The van der Waals surface area contributed by atoms with Crippen LogP contribution in [0, 0.1) is 0 Å². The number of hydrogen-bond donors (Lipinski definition) is 1. The van der Waals surface area contributed by atoms with E-state index in [1.807, 2.05) is 0 Å². The molecular weight excluding hydrogens is 254 g/mol. The topological polar surface area (TPSA) is 79.4 Å². The van der Waals surface area contributed by atoms with Crippen LogP contribution in [0.15, 0.2) is 24.4 Å². The number of amides is 2. The molecule has 0 radical (unpaired) electrons. The highest BCUT2D eigenvalue weighted by molar-refractivity contribution is 7.91. The van der Waals surface area contributed by atoms with Gasteiger partial charge in [0.1, 0.15) is 5.82 Å². The molecule has 1 atom stereocenters. The van der Waals surface area contributed by atoms with Gasteiger partial charge < -0.3 is 4.90 Å². The van der Waals surface area contributed by atoms with Crippen LogP contribution in [-0.4, -0.2) is 48.9 Å². The van der Waals surface area contributed by atoms with E-state index in [1.54, 1.807) is 31.4 Å². The predicted octanol–water partition coefficient (Wildman–Crippen LogP) is 0.732. The van der Waals surface area contributed by atoms with Crippen molar-refractivity contribution in [3.05, 3.63) is 24.4 Å². The van der Waals surface area contributed by atoms with Gasteiger partial charge in [0.2, 0.25) is 0 Å². The summed E-state index contributed by atoms with van der Waals surface area (Å²) in [5.41, 5.74) is 0. The fourth-order valence-corrected chi connectivity index (χ4v) is 3.66. The Morgan fingerprint density at radius 1 is 1.50 bits per heavy atom. The molecule has 1 aliphatic heterocycles. The molecule has 1 saturated heterocycles. The van der Waals surface area contributed by atoms with Crippen LogP contribution in [0.3, 0.4) is 0 Å². The second-order valence-electron chi connectivity index (χ2n) is 4.31. The maximum atomic E-state index is 11.9. The van der Waals surface area contributed by atoms with Crippen LogP contribution in [0.4, 0.5) is 10.6 Å². The maximum Gasteiger partial charge on any atom is 0.323 e. The number of aromatic nitrogens is 1. The van der Waals surface area contributed by atoms with E-state index in [0.717, 1.165) is 0 Å². The highest BCUT2D eigenvalue weighted by Gasteiger charge is 2.32. The van der Waals surface area contributed by atoms with Crippen molar-refractivity contribution in [3.63, 3.8) is 0 Å². The lowest BCUT2D eigenvalue weighted by atomic mass is 10.2. The molecule has 2 rings (SSSR count). The number of carbonyl (C=O) groups is 1. The molecule has 0 aromatic carbocycles. The van der Waals surface area contributed by atoms with Crippen molar-refractivity contribution in [3.8, 4) is 0 Å². The van der Waals surface area contributed by atoms with Gasteiger partial charge in [-0.25, -0.2) is 18.2 Å². The molecule has 1 fully saturated rings. The molecule has 1 unspecified atom stereocenters. The molecule has 18 heavy (non-hydrogen) atoms. The van der Waals surface area contributed by atoms with Gasteiger partial charge in [-0.2, -0.15) is 0 Å². The minimum atomic E-state index is -2.98. The molecule has 1 N–H and O–H groups in total. The molecule has 1 aliphatic rings. The Balaban J connectivity index is 1.98. The lowest BCUT2D eigenvalue weighted by molar-refractivity contribution is 0.209. The van der Waals surface area contributed by atoms with Crippen molar-refractivity contribution >= 4 is 21.7 Å². The second kappa shape index (κ2) is 4.93. The van der Waals surface area contributed by atoms with E-state index in [2.05, 4.69) is 10.3 Å². The summed E-state index contributed by atoms with van der Waals surface area (Å²) in [5, 5.41) is 2.63. The third-order valence-corrected chi connectivity index (χ3v) is 4.73. The van der Waals surface area contributed by atoms with Crippen molar-refractivity contribution in [1.29, 1.82) is 0 Å². The van der Waals surface area contributed by atoms with Gasteiger partial charge in [0.25, 0.3) is 0 Å². The normalized spacial score (nSPS) is 21.5. The van der Waals surface area contributed by atoms with Gasteiger partial charge in [-0.05, 0) is 18.6 Å². The van der Waals surface area contributed by atoms with Gasteiger partial charge in [-0.15, -0.1) is 0 Å². The summed E-state index contributed by atoms with van der Waals surface area (Å²) >= 11 is 0. The number of carbonyl (C=O) groups excluding carboxylic acids is 1. The lowest BCUT2D eigenvalue weighted by Gasteiger charge is -2.23. The van der Waals surface area contributed by atoms with Gasteiger partial charge in [-0.3, -0.25) is 5.32 Å². The first-order valence-electron chi connectivity index (χ1n) is 5.63. The van der Waals surface area contributed by atoms with Crippen LogP contribution < -0.4 is 5.32 Å². The Morgan fingerprint density at radius 3 is 2.83 bits per heavy atom.